The largest absolute Gasteiger partial charge is 0.493 e. The first-order chi connectivity index (χ1) is 17.2. The van der Waals surface area contributed by atoms with Crippen molar-refractivity contribution in [2.45, 2.75) is 12.6 Å². The quantitative estimate of drug-likeness (QED) is 0.369. The third kappa shape index (κ3) is 4.98. The van der Waals surface area contributed by atoms with E-state index in [2.05, 4.69) is 36.8 Å². The number of piperazine rings is 1. The summed E-state index contributed by atoms with van der Waals surface area (Å²) in [7, 11) is 3.27. The van der Waals surface area contributed by atoms with E-state index in [1.54, 1.807) is 25.6 Å². The molecule has 5 rings (SSSR count). The van der Waals surface area contributed by atoms with Crippen molar-refractivity contribution < 1.29 is 13.9 Å². The number of anilines is 1. The van der Waals surface area contributed by atoms with Crippen molar-refractivity contribution in [3.63, 3.8) is 0 Å². The van der Waals surface area contributed by atoms with Crippen LogP contribution in [0.25, 0.3) is 0 Å². The second-order valence-corrected chi connectivity index (χ2v) is 9.32. The lowest BCUT2D eigenvalue weighted by molar-refractivity contribution is 0.201. The second kappa shape index (κ2) is 10.4. The van der Waals surface area contributed by atoms with E-state index in [0.717, 1.165) is 43.3 Å². The van der Waals surface area contributed by atoms with Gasteiger partial charge in [-0.15, -0.1) is 16.4 Å². The van der Waals surface area contributed by atoms with Crippen LogP contribution in [0.5, 0.6) is 11.5 Å². The first kappa shape index (κ1) is 23.3. The summed E-state index contributed by atoms with van der Waals surface area (Å²) in [6.45, 7) is 3.81. The van der Waals surface area contributed by atoms with E-state index < -0.39 is 0 Å². The van der Waals surface area contributed by atoms with Crippen molar-refractivity contribution in [2.24, 2.45) is 0 Å². The summed E-state index contributed by atoms with van der Waals surface area (Å²) in [5, 5.41) is 14.9. The minimum atomic E-state index is -0.224. The molecule has 0 spiro atoms. The number of ether oxygens (including phenoxy) is 2. The average Bonchev–Trinajstić information content (AvgIpc) is 3.58. The summed E-state index contributed by atoms with van der Waals surface area (Å²) >= 11 is 1.68. The van der Waals surface area contributed by atoms with Gasteiger partial charge in [0.05, 0.1) is 26.8 Å². The number of nitrogens with zero attached hydrogens (tertiary/aromatic N) is 6. The molecule has 1 saturated heterocycles. The fourth-order valence-corrected chi connectivity index (χ4v) is 5.19. The van der Waals surface area contributed by atoms with Crippen LogP contribution >= 0.6 is 11.3 Å². The summed E-state index contributed by atoms with van der Waals surface area (Å²) in [6.07, 6.45) is 0. The minimum absolute atomic E-state index is 0.167. The van der Waals surface area contributed by atoms with Gasteiger partial charge >= 0.3 is 0 Å². The van der Waals surface area contributed by atoms with E-state index in [-0.39, 0.29) is 11.9 Å². The molecule has 1 aliphatic rings. The molecule has 2 aromatic carbocycles. The van der Waals surface area contributed by atoms with Crippen LogP contribution in [0, 0.1) is 5.82 Å². The van der Waals surface area contributed by atoms with Gasteiger partial charge in [0, 0.05) is 36.7 Å². The van der Waals surface area contributed by atoms with Crippen LogP contribution in [-0.4, -0.2) is 65.5 Å². The Bertz CT molecular complexity index is 1240. The topological polar surface area (TPSA) is 68.5 Å². The lowest BCUT2D eigenvalue weighted by Crippen LogP contribution is -2.48. The zero-order valence-corrected chi connectivity index (χ0v) is 20.5. The van der Waals surface area contributed by atoms with Crippen molar-refractivity contribution >= 4 is 17.0 Å². The van der Waals surface area contributed by atoms with Crippen LogP contribution < -0.4 is 14.4 Å². The zero-order chi connectivity index (χ0) is 24.2. The highest BCUT2D eigenvalue weighted by atomic mass is 32.1. The van der Waals surface area contributed by atoms with Crippen LogP contribution in [-0.2, 0) is 6.54 Å². The Morgan fingerprint density at radius 1 is 0.971 bits per heavy atom. The summed E-state index contributed by atoms with van der Waals surface area (Å²) in [6, 6.07) is 16.6. The molecule has 2 aromatic heterocycles. The summed E-state index contributed by atoms with van der Waals surface area (Å²) < 4.78 is 26.3. The van der Waals surface area contributed by atoms with Crippen molar-refractivity contribution in [1.29, 1.82) is 0 Å². The fraction of sp³-hybridized carbons (Fsp3) is 0.320. The molecule has 0 bridgehead atoms. The average molecular weight is 495 g/mol. The van der Waals surface area contributed by atoms with E-state index >= 15 is 0 Å². The summed E-state index contributed by atoms with van der Waals surface area (Å²) in [4.78, 5) is 5.85. The second-order valence-electron chi connectivity index (χ2n) is 8.29. The molecule has 182 valence electrons. The van der Waals surface area contributed by atoms with E-state index in [1.807, 2.05) is 41.1 Å². The highest BCUT2D eigenvalue weighted by molar-refractivity contribution is 7.09. The number of aromatic nitrogens is 4. The van der Waals surface area contributed by atoms with Crippen molar-refractivity contribution in [3.8, 4) is 11.5 Å². The zero-order valence-electron chi connectivity index (χ0n) is 19.7. The highest BCUT2D eigenvalue weighted by Crippen LogP contribution is 2.35. The van der Waals surface area contributed by atoms with Crippen LogP contribution in [0.3, 0.4) is 0 Å². The van der Waals surface area contributed by atoms with Crippen molar-refractivity contribution in [1.82, 2.24) is 25.1 Å². The van der Waals surface area contributed by atoms with Crippen LogP contribution in [0.2, 0.25) is 0 Å². The van der Waals surface area contributed by atoms with Gasteiger partial charge in [-0.25, -0.2) is 9.07 Å². The van der Waals surface area contributed by atoms with E-state index in [4.69, 9.17) is 9.47 Å². The van der Waals surface area contributed by atoms with Crippen LogP contribution in [0.1, 0.15) is 22.3 Å². The molecule has 1 fully saturated rings. The molecular formula is C25H27FN6O2S. The van der Waals surface area contributed by atoms with E-state index in [9.17, 15) is 4.39 Å². The standard InChI is InChI=1S/C25H27FN6O2S/c1-33-22-10-5-18(16-23(22)34-2)24(25-27-28-29-32(25)17-21-4-3-15-35-21)31-13-11-30(12-14-31)20-8-6-19(26)7-9-20/h3-10,15-16,24H,11-14,17H2,1-2H3/t24-/m0/s1. The van der Waals surface area contributed by atoms with Gasteiger partial charge in [0.2, 0.25) is 0 Å². The monoisotopic (exact) mass is 494 g/mol. The van der Waals surface area contributed by atoms with Crippen molar-refractivity contribution in [2.75, 3.05) is 45.3 Å². The SMILES string of the molecule is COc1ccc([C@@H](c2nnnn2Cc2cccs2)N2CCN(c3ccc(F)cc3)CC2)cc1OC. The molecule has 0 aliphatic carbocycles. The Balaban J connectivity index is 1.46. The summed E-state index contributed by atoms with van der Waals surface area (Å²) in [5.74, 6) is 1.89. The molecule has 4 aromatic rings. The maximum absolute atomic E-state index is 13.4. The Kier molecular flexibility index (Phi) is 6.91. The van der Waals surface area contributed by atoms with Gasteiger partial charge in [0.1, 0.15) is 5.82 Å². The number of hydrogen-bond acceptors (Lipinski definition) is 8. The molecule has 8 nitrogen and oxygen atoms in total. The van der Waals surface area contributed by atoms with Gasteiger partial charge < -0.3 is 14.4 Å². The molecule has 1 aliphatic heterocycles. The molecule has 1 atom stereocenters. The molecular weight excluding hydrogens is 467 g/mol. The molecule has 0 saturated carbocycles. The Labute approximate surface area is 207 Å². The van der Waals surface area contributed by atoms with Gasteiger partial charge in [-0.3, -0.25) is 4.90 Å². The molecule has 3 heterocycles. The summed E-state index contributed by atoms with van der Waals surface area (Å²) in [5.41, 5.74) is 2.05. The predicted octanol–water partition coefficient (Wildman–Crippen LogP) is 3.85. The molecule has 0 radical (unpaired) electrons. The van der Waals surface area contributed by atoms with E-state index in [1.165, 1.54) is 17.0 Å². The van der Waals surface area contributed by atoms with Crippen LogP contribution in [0.4, 0.5) is 10.1 Å². The Morgan fingerprint density at radius 2 is 1.74 bits per heavy atom. The first-order valence-electron chi connectivity index (χ1n) is 11.4. The normalized spacial score (nSPS) is 15.2. The van der Waals surface area contributed by atoms with E-state index in [0.29, 0.717) is 18.0 Å². The third-order valence-electron chi connectivity index (χ3n) is 6.28. The number of thiophene rings is 1. The van der Waals surface area contributed by atoms with Gasteiger partial charge in [0.15, 0.2) is 17.3 Å². The number of methoxy groups -OCH3 is 2. The number of halogens is 1. The Morgan fingerprint density at radius 3 is 2.43 bits per heavy atom. The van der Waals surface area contributed by atoms with Gasteiger partial charge in [0.25, 0.3) is 0 Å². The van der Waals surface area contributed by atoms with Crippen LogP contribution in [0.15, 0.2) is 60.0 Å². The molecule has 10 heteroatoms. The molecule has 35 heavy (non-hydrogen) atoms. The fourth-order valence-electron chi connectivity index (χ4n) is 4.51. The number of tetrazole rings is 1. The predicted molar refractivity (Wildman–Crippen MR) is 133 cm³/mol. The third-order valence-corrected chi connectivity index (χ3v) is 7.15. The van der Waals surface area contributed by atoms with Gasteiger partial charge in [-0.2, -0.15) is 0 Å². The maximum atomic E-state index is 13.4. The minimum Gasteiger partial charge on any atom is -0.493 e. The van der Waals surface area contributed by atoms with Gasteiger partial charge in [-0.1, -0.05) is 12.1 Å². The van der Waals surface area contributed by atoms with Crippen molar-refractivity contribution in [3.05, 3.63) is 82.1 Å². The molecule has 0 unspecified atom stereocenters. The number of benzene rings is 2. The lowest BCUT2D eigenvalue weighted by Gasteiger charge is -2.40. The maximum Gasteiger partial charge on any atom is 0.173 e. The number of hydrogen-bond donors (Lipinski definition) is 0. The smallest absolute Gasteiger partial charge is 0.173 e. The Hall–Kier alpha value is -3.50. The first-order valence-corrected chi connectivity index (χ1v) is 12.3. The number of rotatable bonds is 8. The van der Waals surface area contributed by atoms with Gasteiger partial charge in [-0.05, 0) is 63.8 Å². The lowest BCUT2D eigenvalue weighted by atomic mass is 10.0. The molecule has 0 N–H and O–H groups in total. The molecule has 0 amide bonds. The highest BCUT2D eigenvalue weighted by Gasteiger charge is 2.31.